The molecule has 0 saturated heterocycles. The van der Waals surface area contributed by atoms with E-state index in [1.165, 1.54) is 25.7 Å². The summed E-state index contributed by atoms with van der Waals surface area (Å²) in [4.78, 5) is 0. The zero-order chi connectivity index (χ0) is 11.9. The summed E-state index contributed by atoms with van der Waals surface area (Å²) in [5, 5.41) is 0. The Kier molecular flexibility index (Phi) is 7.25. The molecule has 0 heterocycles. The average Bonchev–Trinajstić information content (AvgIpc) is 2.15. The first-order valence-electron chi connectivity index (χ1n) is 6.57. The molecule has 15 heavy (non-hydrogen) atoms. The van der Waals surface area contributed by atoms with E-state index in [1.54, 1.807) is 0 Å². The van der Waals surface area contributed by atoms with Gasteiger partial charge in [0.15, 0.2) is 0 Å². The SMILES string of the molecule is CCOC(C)(CCC(C)C)CC(C)CC. The maximum atomic E-state index is 5.95. The Morgan fingerprint density at radius 1 is 1.13 bits per heavy atom. The van der Waals surface area contributed by atoms with Crippen LogP contribution in [0.15, 0.2) is 0 Å². The van der Waals surface area contributed by atoms with Gasteiger partial charge in [-0.1, -0.05) is 34.1 Å². The van der Waals surface area contributed by atoms with Gasteiger partial charge in [0.2, 0.25) is 0 Å². The van der Waals surface area contributed by atoms with E-state index in [4.69, 9.17) is 4.74 Å². The van der Waals surface area contributed by atoms with Crippen molar-refractivity contribution in [3.05, 3.63) is 0 Å². The van der Waals surface area contributed by atoms with Gasteiger partial charge >= 0.3 is 0 Å². The van der Waals surface area contributed by atoms with Crippen molar-refractivity contribution in [3.63, 3.8) is 0 Å². The fourth-order valence-corrected chi connectivity index (χ4v) is 2.06. The van der Waals surface area contributed by atoms with Crippen molar-refractivity contribution < 1.29 is 4.74 Å². The van der Waals surface area contributed by atoms with Crippen molar-refractivity contribution in [1.29, 1.82) is 0 Å². The van der Waals surface area contributed by atoms with Crippen LogP contribution in [0.4, 0.5) is 0 Å². The van der Waals surface area contributed by atoms with Gasteiger partial charge < -0.3 is 4.74 Å². The Balaban J connectivity index is 4.17. The quantitative estimate of drug-likeness (QED) is 0.571. The Morgan fingerprint density at radius 3 is 2.13 bits per heavy atom. The van der Waals surface area contributed by atoms with E-state index in [9.17, 15) is 0 Å². The van der Waals surface area contributed by atoms with Crippen LogP contribution in [0.25, 0.3) is 0 Å². The molecule has 0 saturated carbocycles. The van der Waals surface area contributed by atoms with Gasteiger partial charge in [-0.05, 0) is 44.9 Å². The standard InChI is InChI=1S/C14H30O/c1-7-13(5)11-14(6,15-8-2)10-9-12(3)4/h12-13H,7-11H2,1-6H3. The minimum absolute atomic E-state index is 0.106. The Morgan fingerprint density at radius 2 is 1.73 bits per heavy atom. The van der Waals surface area contributed by atoms with Crippen LogP contribution in [0, 0.1) is 11.8 Å². The summed E-state index contributed by atoms with van der Waals surface area (Å²) in [6.45, 7) is 14.4. The molecule has 1 nitrogen and oxygen atoms in total. The summed E-state index contributed by atoms with van der Waals surface area (Å²) in [7, 11) is 0. The van der Waals surface area contributed by atoms with Crippen LogP contribution in [0.2, 0.25) is 0 Å². The van der Waals surface area contributed by atoms with Crippen molar-refractivity contribution in [2.24, 2.45) is 11.8 Å². The number of rotatable bonds is 8. The molecule has 0 aromatic heterocycles. The van der Waals surface area contributed by atoms with E-state index < -0.39 is 0 Å². The minimum Gasteiger partial charge on any atom is -0.376 e. The first kappa shape index (κ1) is 15.0. The Bertz CT molecular complexity index is 153. The van der Waals surface area contributed by atoms with Crippen molar-refractivity contribution in [2.75, 3.05) is 6.61 Å². The zero-order valence-corrected chi connectivity index (χ0v) is 11.6. The van der Waals surface area contributed by atoms with Gasteiger partial charge in [0.05, 0.1) is 5.60 Å². The van der Waals surface area contributed by atoms with Crippen LogP contribution in [0.3, 0.4) is 0 Å². The molecular formula is C14H30O. The van der Waals surface area contributed by atoms with Gasteiger partial charge in [-0.15, -0.1) is 0 Å². The monoisotopic (exact) mass is 214 g/mol. The second-order valence-electron chi connectivity index (χ2n) is 5.53. The molecule has 92 valence electrons. The van der Waals surface area contributed by atoms with Crippen LogP contribution in [-0.4, -0.2) is 12.2 Å². The molecule has 0 aliphatic carbocycles. The van der Waals surface area contributed by atoms with E-state index >= 15 is 0 Å². The van der Waals surface area contributed by atoms with Crippen LogP contribution in [0.5, 0.6) is 0 Å². The fraction of sp³-hybridized carbons (Fsp3) is 1.00. The first-order valence-corrected chi connectivity index (χ1v) is 6.57. The summed E-state index contributed by atoms with van der Waals surface area (Å²) in [6, 6.07) is 0. The molecule has 0 bridgehead atoms. The van der Waals surface area contributed by atoms with E-state index in [0.29, 0.717) is 0 Å². The number of hydrogen-bond acceptors (Lipinski definition) is 1. The molecular weight excluding hydrogens is 184 g/mol. The molecule has 2 unspecified atom stereocenters. The van der Waals surface area contributed by atoms with Crippen LogP contribution < -0.4 is 0 Å². The normalized spacial score (nSPS) is 17.8. The molecule has 0 aliphatic heterocycles. The second kappa shape index (κ2) is 7.27. The maximum Gasteiger partial charge on any atom is 0.0657 e. The second-order valence-corrected chi connectivity index (χ2v) is 5.53. The largest absolute Gasteiger partial charge is 0.376 e. The van der Waals surface area contributed by atoms with Gasteiger partial charge in [-0.3, -0.25) is 0 Å². The molecule has 0 aromatic carbocycles. The summed E-state index contributed by atoms with van der Waals surface area (Å²) in [5.74, 6) is 1.55. The molecule has 0 aliphatic rings. The predicted octanol–water partition coefficient (Wildman–Crippen LogP) is 4.65. The summed E-state index contributed by atoms with van der Waals surface area (Å²) < 4.78 is 5.95. The van der Waals surface area contributed by atoms with Gasteiger partial charge in [0, 0.05) is 6.61 Å². The Hall–Kier alpha value is -0.0400. The molecule has 0 fully saturated rings. The molecule has 0 spiro atoms. The minimum atomic E-state index is 0.106. The lowest BCUT2D eigenvalue weighted by molar-refractivity contribution is -0.0497. The van der Waals surface area contributed by atoms with E-state index in [1.807, 2.05) is 0 Å². The summed E-state index contributed by atoms with van der Waals surface area (Å²) >= 11 is 0. The highest BCUT2D eigenvalue weighted by Gasteiger charge is 2.26. The molecule has 0 N–H and O–H groups in total. The molecule has 0 amide bonds. The van der Waals surface area contributed by atoms with E-state index in [2.05, 4.69) is 41.5 Å². The molecule has 0 rings (SSSR count). The third-order valence-corrected chi connectivity index (χ3v) is 3.22. The number of hydrogen-bond donors (Lipinski definition) is 0. The van der Waals surface area contributed by atoms with Crippen molar-refractivity contribution in [1.82, 2.24) is 0 Å². The fourth-order valence-electron chi connectivity index (χ4n) is 2.06. The molecule has 2 atom stereocenters. The average molecular weight is 214 g/mol. The lowest BCUT2D eigenvalue weighted by atomic mass is 9.86. The van der Waals surface area contributed by atoms with Gasteiger partial charge in [0.1, 0.15) is 0 Å². The molecule has 0 radical (unpaired) electrons. The highest BCUT2D eigenvalue weighted by atomic mass is 16.5. The maximum absolute atomic E-state index is 5.95. The van der Waals surface area contributed by atoms with Crippen LogP contribution in [-0.2, 0) is 4.74 Å². The third-order valence-electron chi connectivity index (χ3n) is 3.22. The number of ether oxygens (including phenoxy) is 1. The predicted molar refractivity (Wildman–Crippen MR) is 68.2 cm³/mol. The van der Waals surface area contributed by atoms with E-state index in [-0.39, 0.29) is 5.60 Å². The Labute approximate surface area is 96.6 Å². The lowest BCUT2D eigenvalue weighted by Crippen LogP contribution is -2.31. The van der Waals surface area contributed by atoms with E-state index in [0.717, 1.165) is 18.4 Å². The van der Waals surface area contributed by atoms with Crippen molar-refractivity contribution in [2.45, 2.75) is 72.8 Å². The van der Waals surface area contributed by atoms with Crippen LogP contribution in [0.1, 0.15) is 67.2 Å². The van der Waals surface area contributed by atoms with Gasteiger partial charge in [-0.2, -0.15) is 0 Å². The highest BCUT2D eigenvalue weighted by Crippen LogP contribution is 2.29. The molecule has 0 aromatic rings. The third kappa shape index (κ3) is 6.94. The van der Waals surface area contributed by atoms with Gasteiger partial charge in [0.25, 0.3) is 0 Å². The van der Waals surface area contributed by atoms with Gasteiger partial charge in [-0.25, -0.2) is 0 Å². The first-order chi connectivity index (χ1) is 6.93. The zero-order valence-electron chi connectivity index (χ0n) is 11.6. The van der Waals surface area contributed by atoms with Crippen molar-refractivity contribution in [3.8, 4) is 0 Å². The van der Waals surface area contributed by atoms with Crippen LogP contribution >= 0.6 is 0 Å². The molecule has 1 heteroatoms. The van der Waals surface area contributed by atoms with Crippen molar-refractivity contribution >= 4 is 0 Å². The topological polar surface area (TPSA) is 9.23 Å². The highest BCUT2D eigenvalue weighted by molar-refractivity contribution is 4.78. The summed E-state index contributed by atoms with van der Waals surface area (Å²) in [6.07, 6.45) is 4.92. The summed E-state index contributed by atoms with van der Waals surface area (Å²) in [5.41, 5.74) is 0.106. The smallest absolute Gasteiger partial charge is 0.0657 e. The lowest BCUT2D eigenvalue weighted by Gasteiger charge is -2.32.